The zero-order valence-corrected chi connectivity index (χ0v) is 17.8. The number of hydrogen-bond acceptors (Lipinski definition) is 5. The van der Waals surface area contributed by atoms with Crippen molar-refractivity contribution in [1.82, 2.24) is 0 Å². The third-order valence-corrected chi connectivity index (χ3v) is 4.59. The monoisotopic (exact) mass is 400 g/mol. The second-order valence-electron chi connectivity index (χ2n) is 7.10. The molecule has 0 aliphatic carbocycles. The number of carbonyl (C=O) groups is 2. The van der Waals surface area contributed by atoms with E-state index in [1.165, 1.54) is 0 Å². The van der Waals surface area contributed by atoms with Gasteiger partial charge in [-0.25, -0.2) is 0 Å². The predicted molar refractivity (Wildman–Crippen MR) is 115 cm³/mol. The summed E-state index contributed by atoms with van der Waals surface area (Å²) in [7, 11) is 0. The van der Waals surface area contributed by atoms with Crippen LogP contribution in [0.5, 0.6) is 17.2 Å². The van der Waals surface area contributed by atoms with Crippen molar-refractivity contribution >= 4 is 22.7 Å². The van der Waals surface area contributed by atoms with Crippen molar-refractivity contribution in [1.29, 1.82) is 0 Å². The minimum atomic E-state index is -0.287. The van der Waals surface area contributed by atoms with Crippen LogP contribution in [0.4, 0.5) is 0 Å². The van der Waals surface area contributed by atoms with Crippen LogP contribution in [0.1, 0.15) is 72.1 Å². The third-order valence-electron chi connectivity index (χ3n) is 4.59. The highest BCUT2D eigenvalue weighted by molar-refractivity contribution is 5.98. The molecule has 0 amide bonds. The van der Waals surface area contributed by atoms with Gasteiger partial charge in [0.05, 0.1) is 6.61 Å². The summed E-state index contributed by atoms with van der Waals surface area (Å²) in [5.41, 5.74) is 0. The first-order valence-electron chi connectivity index (χ1n) is 10.7. The van der Waals surface area contributed by atoms with E-state index in [9.17, 15) is 9.59 Å². The smallest absolute Gasteiger partial charge is 0.311 e. The van der Waals surface area contributed by atoms with Crippen molar-refractivity contribution in [2.75, 3.05) is 6.61 Å². The molecule has 0 heterocycles. The summed E-state index contributed by atoms with van der Waals surface area (Å²) in [4.78, 5) is 24.5. The van der Waals surface area contributed by atoms with E-state index in [4.69, 9.17) is 14.2 Å². The average molecular weight is 401 g/mol. The Balaban J connectivity index is 2.43. The first kappa shape index (κ1) is 22.7. The van der Waals surface area contributed by atoms with E-state index in [0.29, 0.717) is 42.1 Å². The number of benzene rings is 2. The Bertz CT molecular complexity index is 812. The summed E-state index contributed by atoms with van der Waals surface area (Å²) < 4.78 is 17.3. The number of fused-ring (bicyclic) bond motifs is 1. The van der Waals surface area contributed by atoms with E-state index >= 15 is 0 Å². The van der Waals surface area contributed by atoms with Crippen LogP contribution in [-0.4, -0.2) is 18.5 Å². The molecule has 0 atom stereocenters. The maximum atomic E-state index is 12.3. The van der Waals surface area contributed by atoms with Gasteiger partial charge in [-0.2, -0.15) is 0 Å². The summed E-state index contributed by atoms with van der Waals surface area (Å²) in [5, 5.41) is 1.42. The van der Waals surface area contributed by atoms with Gasteiger partial charge < -0.3 is 14.2 Å². The van der Waals surface area contributed by atoms with Crippen molar-refractivity contribution in [3.63, 3.8) is 0 Å². The van der Waals surface area contributed by atoms with E-state index in [2.05, 4.69) is 6.92 Å². The van der Waals surface area contributed by atoms with Crippen LogP contribution in [0.15, 0.2) is 30.3 Å². The summed E-state index contributed by atoms with van der Waals surface area (Å²) >= 11 is 0. The summed E-state index contributed by atoms with van der Waals surface area (Å²) in [5.74, 6) is 0.697. The largest absolute Gasteiger partial charge is 0.490 e. The number of unbranched alkanes of at least 4 members (excludes halogenated alkanes) is 3. The zero-order chi connectivity index (χ0) is 21.1. The number of carbonyl (C=O) groups excluding carboxylic acids is 2. The normalized spacial score (nSPS) is 10.7. The summed E-state index contributed by atoms with van der Waals surface area (Å²) in [6.45, 7) is 6.64. The van der Waals surface area contributed by atoms with E-state index in [0.717, 1.165) is 43.9 Å². The summed E-state index contributed by atoms with van der Waals surface area (Å²) in [6.07, 6.45) is 5.98. The standard InChI is InChI=1S/C24H32O5/c1-4-7-14-22(25)28-20-17-21(27-16-9-6-3)24(29-23(26)15-8-5-2)19-13-11-10-12-18(19)20/h10-13,17H,4-9,14-16H2,1-3H3. The highest BCUT2D eigenvalue weighted by atomic mass is 16.6. The highest BCUT2D eigenvalue weighted by Crippen LogP contribution is 2.42. The van der Waals surface area contributed by atoms with Gasteiger partial charge in [0.2, 0.25) is 0 Å². The number of ether oxygens (including phenoxy) is 3. The average Bonchev–Trinajstić information content (AvgIpc) is 2.73. The molecule has 5 nitrogen and oxygen atoms in total. The molecule has 2 rings (SSSR count). The Kier molecular flexibility index (Phi) is 9.48. The van der Waals surface area contributed by atoms with Gasteiger partial charge in [0.25, 0.3) is 0 Å². The molecule has 0 saturated carbocycles. The number of rotatable bonds is 12. The Morgan fingerprint density at radius 1 is 0.759 bits per heavy atom. The molecule has 0 aliphatic rings. The highest BCUT2D eigenvalue weighted by Gasteiger charge is 2.19. The lowest BCUT2D eigenvalue weighted by atomic mass is 10.1. The topological polar surface area (TPSA) is 61.8 Å². The van der Waals surface area contributed by atoms with Gasteiger partial charge in [0.1, 0.15) is 5.75 Å². The Hall–Kier alpha value is -2.56. The van der Waals surface area contributed by atoms with Crippen LogP contribution in [0.2, 0.25) is 0 Å². The van der Waals surface area contributed by atoms with E-state index < -0.39 is 0 Å². The maximum absolute atomic E-state index is 12.3. The van der Waals surface area contributed by atoms with Gasteiger partial charge in [-0.3, -0.25) is 9.59 Å². The quantitative estimate of drug-likeness (QED) is 0.241. The molecule has 0 aliphatic heterocycles. The zero-order valence-electron chi connectivity index (χ0n) is 17.8. The van der Waals surface area contributed by atoms with Gasteiger partial charge in [-0.1, -0.05) is 64.3 Å². The molecule has 0 bridgehead atoms. The molecule has 0 spiro atoms. The van der Waals surface area contributed by atoms with Crippen molar-refractivity contribution in [3.8, 4) is 17.2 Å². The van der Waals surface area contributed by atoms with Crippen molar-refractivity contribution in [2.45, 2.75) is 72.1 Å². The fourth-order valence-electron chi connectivity index (χ4n) is 2.90. The van der Waals surface area contributed by atoms with Crippen LogP contribution in [0.3, 0.4) is 0 Å². The van der Waals surface area contributed by atoms with Crippen molar-refractivity contribution in [2.24, 2.45) is 0 Å². The minimum absolute atomic E-state index is 0.274. The van der Waals surface area contributed by atoms with Crippen LogP contribution in [0, 0.1) is 0 Å². The summed E-state index contributed by atoms with van der Waals surface area (Å²) in [6, 6.07) is 9.12. The lowest BCUT2D eigenvalue weighted by Gasteiger charge is -2.17. The van der Waals surface area contributed by atoms with E-state index in [-0.39, 0.29) is 11.9 Å². The Labute approximate surface area is 173 Å². The van der Waals surface area contributed by atoms with Crippen molar-refractivity contribution in [3.05, 3.63) is 30.3 Å². The van der Waals surface area contributed by atoms with Gasteiger partial charge >= 0.3 is 11.9 Å². The van der Waals surface area contributed by atoms with Gasteiger partial charge in [0, 0.05) is 29.7 Å². The van der Waals surface area contributed by atoms with Gasteiger partial charge in [-0.15, -0.1) is 0 Å². The van der Waals surface area contributed by atoms with Crippen LogP contribution in [0.25, 0.3) is 10.8 Å². The fraction of sp³-hybridized carbons (Fsp3) is 0.500. The van der Waals surface area contributed by atoms with Crippen LogP contribution in [-0.2, 0) is 9.59 Å². The molecule has 0 unspecified atom stereocenters. The molecule has 0 radical (unpaired) electrons. The molecule has 2 aromatic carbocycles. The van der Waals surface area contributed by atoms with Gasteiger partial charge in [-0.05, 0) is 19.3 Å². The molecule has 2 aromatic rings. The number of esters is 2. The second kappa shape index (κ2) is 12.1. The molecular formula is C24H32O5. The Morgan fingerprint density at radius 3 is 1.97 bits per heavy atom. The molecule has 0 fully saturated rings. The molecule has 29 heavy (non-hydrogen) atoms. The fourth-order valence-corrected chi connectivity index (χ4v) is 2.90. The molecule has 0 N–H and O–H groups in total. The van der Waals surface area contributed by atoms with E-state index in [1.807, 2.05) is 38.1 Å². The molecule has 158 valence electrons. The third kappa shape index (κ3) is 6.77. The minimum Gasteiger partial charge on any atom is -0.490 e. The second-order valence-corrected chi connectivity index (χ2v) is 7.10. The number of hydrogen-bond donors (Lipinski definition) is 0. The first-order chi connectivity index (χ1) is 14.1. The maximum Gasteiger partial charge on any atom is 0.311 e. The predicted octanol–water partition coefficient (Wildman–Crippen LogP) is 6.21. The first-order valence-corrected chi connectivity index (χ1v) is 10.7. The van der Waals surface area contributed by atoms with Crippen LogP contribution >= 0.6 is 0 Å². The molecular weight excluding hydrogens is 368 g/mol. The van der Waals surface area contributed by atoms with Gasteiger partial charge in [0.15, 0.2) is 11.5 Å². The lowest BCUT2D eigenvalue weighted by Crippen LogP contribution is -2.11. The van der Waals surface area contributed by atoms with Crippen molar-refractivity contribution < 1.29 is 23.8 Å². The molecule has 0 saturated heterocycles. The lowest BCUT2D eigenvalue weighted by molar-refractivity contribution is -0.135. The van der Waals surface area contributed by atoms with Crippen LogP contribution < -0.4 is 14.2 Å². The van der Waals surface area contributed by atoms with E-state index in [1.54, 1.807) is 6.07 Å². The Morgan fingerprint density at radius 2 is 1.34 bits per heavy atom. The molecule has 5 heteroatoms. The SMILES string of the molecule is CCCCOc1cc(OC(=O)CCCC)c2ccccc2c1OC(=O)CCCC. The molecule has 0 aromatic heterocycles.